The first-order chi connectivity index (χ1) is 10.1. The molecule has 0 aliphatic carbocycles. The van der Waals surface area contributed by atoms with Crippen molar-refractivity contribution >= 4 is 55.9 Å². The highest BCUT2D eigenvalue weighted by Crippen LogP contribution is 2.34. The molecular formula is C15H10BrCl2N3. The van der Waals surface area contributed by atoms with Gasteiger partial charge >= 0.3 is 0 Å². The maximum atomic E-state index is 6.18. The average Bonchev–Trinajstić information content (AvgIpc) is 2.46. The maximum absolute atomic E-state index is 6.18. The zero-order valence-corrected chi connectivity index (χ0v) is 13.9. The third-order valence-corrected chi connectivity index (χ3v) is 4.01. The van der Waals surface area contributed by atoms with Crippen LogP contribution in [0.3, 0.4) is 0 Å². The van der Waals surface area contributed by atoms with Crippen LogP contribution in [0.1, 0.15) is 5.69 Å². The van der Waals surface area contributed by atoms with Gasteiger partial charge in [0.05, 0.1) is 45.2 Å². The van der Waals surface area contributed by atoms with Gasteiger partial charge in [0.1, 0.15) is 0 Å². The summed E-state index contributed by atoms with van der Waals surface area (Å²) in [5.74, 6) is 0. The minimum atomic E-state index is 0.499. The number of halogens is 3. The van der Waals surface area contributed by atoms with Gasteiger partial charge in [-0.05, 0) is 24.3 Å². The van der Waals surface area contributed by atoms with E-state index >= 15 is 0 Å². The minimum Gasteiger partial charge on any atom is -0.377 e. The molecule has 0 saturated heterocycles. The number of aromatic nitrogens is 2. The van der Waals surface area contributed by atoms with Gasteiger partial charge in [0.15, 0.2) is 0 Å². The standard InChI is InChI=1S/C15H10BrCl2N3/c16-9-5-11(17)15(12(18)6-9)20-8-10-7-19-13-3-1-2-4-14(13)21-10/h1-7,20H,8H2. The maximum Gasteiger partial charge on any atom is 0.0890 e. The van der Waals surface area contributed by atoms with E-state index in [1.165, 1.54) is 0 Å². The summed E-state index contributed by atoms with van der Waals surface area (Å²) in [5, 5.41) is 4.32. The van der Waals surface area contributed by atoms with Crippen LogP contribution in [0, 0.1) is 0 Å². The molecular weight excluding hydrogens is 373 g/mol. The van der Waals surface area contributed by atoms with Crippen molar-refractivity contribution in [3.05, 3.63) is 62.8 Å². The topological polar surface area (TPSA) is 37.8 Å². The molecule has 0 amide bonds. The first-order valence-electron chi connectivity index (χ1n) is 6.22. The van der Waals surface area contributed by atoms with E-state index in [0.29, 0.717) is 22.3 Å². The van der Waals surface area contributed by atoms with Crippen LogP contribution in [0.2, 0.25) is 10.0 Å². The smallest absolute Gasteiger partial charge is 0.0890 e. The summed E-state index contributed by atoms with van der Waals surface area (Å²) in [6, 6.07) is 11.3. The Morgan fingerprint density at radius 1 is 1.05 bits per heavy atom. The van der Waals surface area contributed by atoms with Gasteiger partial charge in [-0.1, -0.05) is 51.3 Å². The van der Waals surface area contributed by atoms with E-state index in [0.717, 1.165) is 21.2 Å². The number of benzene rings is 2. The number of hydrogen-bond acceptors (Lipinski definition) is 3. The molecule has 0 saturated carbocycles. The molecule has 3 rings (SSSR count). The van der Waals surface area contributed by atoms with Gasteiger partial charge < -0.3 is 5.32 Å². The minimum absolute atomic E-state index is 0.499. The molecule has 0 unspecified atom stereocenters. The third kappa shape index (κ3) is 3.28. The second-order valence-electron chi connectivity index (χ2n) is 4.45. The van der Waals surface area contributed by atoms with Crippen molar-refractivity contribution in [2.45, 2.75) is 6.54 Å². The van der Waals surface area contributed by atoms with Crippen LogP contribution in [0.15, 0.2) is 47.1 Å². The van der Waals surface area contributed by atoms with Crippen LogP contribution in [0.25, 0.3) is 11.0 Å². The van der Waals surface area contributed by atoms with E-state index < -0.39 is 0 Å². The molecule has 21 heavy (non-hydrogen) atoms. The molecule has 0 atom stereocenters. The summed E-state index contributed by atoms with van der Waals surface area (Å²) < 4.78 is 0.841. The molecule has 1 heterocycles. The number of nitrogens with one attached hydrogen (secondary N) is 1. The summed E-state index contributed by atoms with van der Waals surface area (Å²) in [4.78, 5) is 8.92. The Balaban J connectivity index is 1.83. The highest BCUT2D eigenvalue weighted by molar-refractivity contribution is 9.10. The van der Waals surface area contributed by atoms with Crippen LogP contribution in [-0.2, 0) is 6.54 Å². The molecule has 0 aliphatic rings. The molecule has 6 heteroatoms. The van der Waals surface area contributed by atoms with Crippen LogP contribution < -0.4 is 5.32 Å². The van der Waals surface area contributed by atoms with Crippen molar-refractivity contribution in [1.82, 2.24) is 9.97 Å². The Kier molecular flexibility index (Phi) is 4.29. The average molecular weight is 383 g/mol. The first-order valence-corrected chi connectivity index (χ1v) is 7.77. The van der Waals surface area contributed by atoms with E-state index in [1.54, 1.807) is 18.3 Å². The Labute approximate surface area is 140 Å². The van der Waals surface area contributed by atoms with E-state index in [1.807, 2.05) is 24.3 Å². The van der Waals surface area contributed by atoms with Crippen LogP contribution in [-0.4, -0.2) is 9.97 Å². The molecule has 1 N–H and O–H groups in total. The number of anilines is 1. The monoisotopic (exact) mass is 381 g/mol. The second-order valence-corrected chi connectivity index (χ2v) is 6.18. The zero-order valence-electron chi connectivity index (χ0n) is 10.8. The van der Waals surface area contributed by atoms with Gasteiger partial charge in [-0.15, -0.1) is 0 Å². The summed E-state index contributed by atoms with van der Waals surface area (Å²) in [5.41, 5.74) is 3.26. The largest absolute Gasteiger partial charge is 0.377 e. The van der Waals surface area contributed by atoms with Gasteiger partial charge in [0, 0.05) is 4.47 Å². The van der Waals surface area contributed by atoms with Crippen molar-refractivity contribution in [2.75, 3.05) is 5.32 Å². The van der Waals surface area contributed by atoms with Crippen LogP contribution in [0.4, 0.5) is 5.69 Å². The molecule has 106 valence electrons. The van der Waals surface area contributed by atoms with E-state index in [4.69, 9.17) is 23.2 Å². The lowest BCUT2D eigenvalue weighted by molar-refractivity contribution is 1.04. The number of rotatable bonds is 3. The summed E-state index contributed by atoms with van der Waals surface area (Å²) in [6.07, 6.45) is 1.75. The molecule has 0 fully saturated rings. The Bertz CT molecular complexity index is 785. The van der Waals surface area contributed by atoms with E-state index in [2.05, 4.69) is 31.2 Å². The molecule has 0 aliphatic heterocycles. The quantitative estimate of drug-likeness (QED) is 0.666. The van der Waals surface area contributed by atoms with E-state index in [9.17, 15) is 0 Å². The van der Waals surface area contributed by atoms with Gasteiger partial charge in [0.2, 0.25) is 0 Å². The van der Waals surface area contributed by atoms with Crippen molar-refractivity contribution in [2.24, 2.45) is 0 Å². The predicted molar refractivity (Wildman–Crippen MR) is 91.0 cm³/mol. The highest BCUT2D eigenvalue weighted by Gasteiger charge is 2.08. The van der Waals surface area contributed by atoms with Gasteiger partial charge in [-0.3, -0.25) is 4.98 Å². The molecule has 1 aromatic heterocycles. The lowest BCUT2D eigenvalue weighted by Crippen LogP contribution is -2.03. The van der Waals surface area contributed by atoms with Gasteiger partial charge in [-0.2, -0.15) is 0 Å². The summed E-state index contributed by atoms with van der Waals surface area (Å²) in [6.45, 7) is 0.499. The molecule has 0 radical (unpaired) electrons. The van der Waals surface area contributed by atoms with E-state index in [-0.39, 0.29) is 0 Å². The zero-order chi connectivity index (χ0) is 14.8. The van der Waals surface area contributed by atoms with Crippen molar-refractivity contribution in [3.8, 4) is 0 Å². The number of hydrogen-bond donors (Lipinski definition) is 1. The van der Waals surface area contributed by atoms with Gasteiger partial charge in [-0.25, -0.2) is 4.98 Å². The number of fused-ring (bicyclic) bond motifs is 1. The molecule has 3 aromatic rings. The molecule has 2 aromatic carbocycles. The SMILES string of the molecule is Clc1cc(Br)cc(Cl)c1NCc1cnc2ccccc2n1. The van der Waals surface area contributed by atoms with Crippen molar-refractivity contribution < 1.29 is 0 Å². The molecule has 0 bridgehead atoms. The fraction of sp³-hybridized carbons (Fsp3) is 0.0667. The lowest BCUT2D eigenvalue weighted by atomic mass is 10.3. The fourth-order valence-electron chi connectivity index (χ4n) is 1.97. The third-order valence-electron chi connectivity index (χ3n) is 2.95. The predicted octanol–water partition coefficient (Wildman–Crippen LogP) is 5.31. The first kappa shape index (κ1) is 14.6. The Morgan fingerprint density at radius 3 is 2.43 bits per heavy atom. The summed E-state index contributed by atoms with van der Waals surface area (Å²) >= 11 is 15.7. The Morgan fingerprint density at radius 2 is 1.71 bits per heavy atom. The fourth-order valence-corrected chi connectivity index (χ4v) is 3.31. The second kappa shape index (κ2) is 6.18. The van der Waals surface area contributed by atoms with Crippen molar-refractivity contribution in [3.63, 3.8) is 0 Å². The van der Waals surface area contributed by atoms with Gasteiger partial charge in [0.25, 0.3) is 0 Å². The molecule has 0 spiro atoms. The van der Waals surface area contributed by atoms with Crippen LogP contribution in [0.5, 0.6) is 0 Å². The normalized spacial score (nSPS) is 10.8. The van der Waals surface area contributed by atoms with Crippen LogP contribution >= 0.6 is 39.1 Å². The summed E-state index contributed by atoms with van der Waals surface area (Å²) in [7, 11) is 0. The number of para-hydroxylation sites is 2. The Hall–Kier alpha value is -1.36. The molecule has 3 nitrogen and oxygen atoms in total. The van der Waals surface area contributed by atoms with Crippen molar-refractivity contribution in [1.29, 1.82) is 0 Å². The highest BCUT2D eigenvalue weighted by atomic mass is 79.9. The number of nitrogens with zero attached hydrogens (tertiary/aromatic N) is 2. The lowest BCUT2D eigenvalue weighted by Gasteiger charge is -2.10.